The zero-order chi connectivity index (χ0) is 12.1. The van der Waals surface area contributed by atoms with Gasteiger partial charge in [-0.25, -0.2) is 0 Å². The molecule has 96 valence electrons. The van der Waals surface area contributed by atoms with Gasteiger partial charge in [-0.2, -0.15) is 0 Å². The Morgan fingerprint density at radius 3 is 2.62 bits per heavy atom. The Morgan fingerprint density at radius 1 is 1.38 bits per heavy atom. The minimum absolute atomic E-state index is 0.174. The summed E-state index contributed by atoms with van der Waals surface area (Å²) >= 11 is 0. The third-order valence-electron chi connectivity index (χ3n) is 3.86. The van der Waals surface area contributed by atoms with Gasteiger partial charge < -0.3 is 5.73 Å². The van der Waals surface area contributed by atoms with Gasteiger partial charge in [-0.15, -0.1) is 0 Å². The highest BCUT2D eigenvalue weighted by Gasteiger charge is 2.32. The fraction of sp³-hybridized carbons (Fsp3) is 1.00. The lowest BCUT2D eigenvalue weighted by atomic mass is 9.79. The molecule has 0 heterocycles. The lowest BCUT2D eigenvalue weighted by Gasteiger charge is -2.35. The van der Waals surface area contributed by atoms with Crippen LogP contribution in [0.4, 0.5) is 0 Å². The van der Waals surface area contributed by atoms with E-state index in [1.807, 2.05) is 0 Å². The Kier molecular flexibility index (Phi) is 5.98. The Bertz CT molecular complexity index is 230. The summed E-state index contributed by atoms with van der Waals surface area (Å²) in [6, 6.07) is 0.174. The molecule has 4 atom stereocenters. The summed E-state index contributed by atoms with van der Waals surface area (Å²) in [7, 11) is -0.699. The average molecular weight is 245 g/mol. The van der Waals surface area contributed by atoms with E-state index in [4.69, 9.17) is 5.73 Å². The topological polar surface area (TPSA) is 43.1 Å². The van der Waals surface area contributed by atoms with Crippen LogP contribution in [0.25, 0.3) is 0 Å². The SMILES string of the molecule is CCCCS(=O)C1CC(C(C)C)CCC1N. The first-order valence-electron chi connectivity index (χ1n) is 6.69. The number of rotatable bonds is 5. The van der Waals surface area contributed by atoms with Crippen molar-refractivity contribution in [2.75, 3.05) is 5.75 Å². The first kappa shape index (κ1) is 14.2. The molecule has 0 spiro atoms. The van der Waals surface area contributed by atoms with Crippen LogP contribution in [0.1, 0.15) is 52.9 Å². The summed E-state index contributed by atoms with van der Waals surface area (Å²) in [4.78, 5) is 0. The van der Waals surface area contributed by atoms with Crippen LogP contribution in [0.2, 0.25) is 0 Å². The van der Waals surface area contributed by atoms with Gasteiger partial charge >= 0.3 is 0 Å². The zero-order valence-corrected chi connectivity index (χ0v) is 11.8. The quantitative estimate of drug-likeness (QED) is 0.809. The van der Waals surface area contributed by atoms with Gasteiger partial charge in [0.15, 0.2) is 0 Å². The normalized spacial score (nSPS) is 32.9. The van der Waals surface area contributed by atoms with E-state index in [0.717, 1.165) is 37.4 Å². The van der Waals surface area contributed by atoms with E-state index in [1.165, 1.54) is 6.42 Å². The van der Waals surface area contributed by atoms with Crippen molar-refractivity contribution in [2.45, 2.75) is 64.2 Å². The minimum atomic E-state index is -0.699. The van der Waals surface area contributed by atoms with E-state index >= 15 is 0 Å². The molecule has 16 heavy (non-hydrogen) atoms. The zero-order valence-electron chi connectivity index (χ0n) is 10.9. The van der Waals surface area contributed by atoms with Crippen molar-refractivity contribution in [1.82, 2.24) is 0 Å². The minimum Gasteiger partial charge on any atom is -0.327 e. The standard InChI is InChI=1S/C13H27NOS/c1-4-5-8-16(15)13-9-11(10(2)3)6-7-12(13)14/h10-13H,4-9,14H2,1-3H3. The van der Waals surface area contributed by atoms with Gasteiger partial charge in [0.2, 0.25) is 0 Å². The lowest BCUT2D eigenvalue weighted by Crippen LogP contribution is -2.44. The average Bonchev–Trinajstić information content (AvgIpc) is 2.26. The van der Waals surface area contributed by atoms with Crippen LogP contribution in [0.3, 0.4) is 0 Å². The van der Waals surface area contributed by atoms with Gasteiger partial charge in [-0.3, -0.25) is 4.21 Å². The van der Waals surface area contributed by atoms with E-state index in [-0.39, 0.29) is 11.3 Å². The Labute approximate surface area is 103 Å². The second-order valence-corrected chi connectivity index (χ2v) is 7.23. The van der Waals surface area contributed by atoms with E-state index in [1.54, 1.807) is 0 Å². The molecule has 1 aliphatic carbocycles. The molecule has 0 aliphatic heterocycles. The van der Waals surface area contributed by atoms with Crippen LogP contribution in [0.15, 0.2) is 0 Å². The van der Waals surface area contributed by atoms with E-state index in [2.05, 4.69) is 20.8 Å². The second-order valence-electron chi connectivity index (χ2n) is 5.46. The van der Waals surface area contributed by atoms with Crippen LogP contribution < -0.4 is 5.73 Å². The Morgan fingerprint density at radius 2 is 2.06 bits per heavy atom. The molecule has 0 saturated heterocycles. The predicted octanol–water partition coefficient (Wildman–Crippen LogP) is 2.69. The Balaban J connectivity index is 2.52. The molecule has 0 aromatic rings. The lowest BCUT2D eigenvalue weighted by molar-refractivity contribution is 0.263. The molecule has 0 aromatic heterocycles. The summed E-state index contributed by atoms with van der Waals surface area (Å²) in [5, 5.41) is 0.257. The number of hydrogen-bond acceptors (Lipinski definition) is 2. The van der Waals surface area contributed by atoms with Crippen molar-refractivity contribution in [3.05, 3.63) is 0 Å². The van der Waals surface area contributed by atoms with E-state index in [9.17, 15) is 4.21 Å². The van der Waals surface area contributed by atoms with Crippen molar-refractivity contribution in [3.8, 4) is 0 Å². The first-order chi connectivity index (χ1) is 7.56. The monoisotopic (exact) mass is 245 g/mol. The summed E-state index contributed by atoms with van der Waals surface area (Å²) < 4.78 is 12.2. The van der Waals surface area contributed by atoms with E-state index in [0.29, 0.717) is 5.92 Å². The van der Waals surface area contributed by atoms with Gasteiger partial charge in [0.05, 0.1) is 5.25 Å². The van der Waals surface area contributed by atoms with Gasteiger partial charge in [0.1, 0.15) is 0 Å². The van der Waals surface area contributed by atoms with Crippen molar-refractivity contribution in [2.24, 2.45) is 17.6 Å². The van der Waals surface area contributed by atoms with Crippen LogP contribution in [-0.2, 0) is 10.8 Å². The molecule has 1 fully saturated rings. The first-order valence-corrected chi connectivity index (χ1v) is 8.07. The predicted molar refractivity (Wildman–Crippen MR) is 71.9 cm³/mol. The fourth-order valence-corrected chi connectivity index (χ4v) is 4.39. The number of hydrogen-bond donors (Lipinski definition) is 1. The molecule has 1 rings (SSSR count). The largest absolute Gasteiger partial charge is 0.327 e. The highest BCUT2D eigenvalue weighted by molar-refractivity contribution is 7.85. The van der Waals surface area contributed by atoms with Gasteiger partial charge in [-0.1, -0.05) is 27.2 Å². The third-order valence-corrected chi connectivity index (χ3v) is 5.77. The maximum absolute atomic E-state index is 12.2. The molecular formula is C13H27NOS. The maximum Gasteiger partial charge on any atom is 0.0501 e. The molecule has 0 radical (unpaired) electrons. The molecule has 0 amide bonds. The van der Waals surface area contributed by atoms with Crippen molar-refractivity contribution in [1.29, 1.82) is 0 Å². The van der Waals surface area contributed by atoms with Gasteiger partial charge in [-0.05, 0) is 37.5 Å². The third kappa shape index (κ3) is 3.85. The van der Waals surface area contributed by atoms with Crippen LogP contribution in [0.5, 0.6) is 0 Å². The van der Waals surface area contributed by atoms with Crippen molar-refractivity contribution in [3.63, 3.8) is 0 Å². The van der Waals surface area contributed by atoms with Gasteiger partial charge in [0, 0.05) is 22.6 Å². The molecule has 2 nitrogen and oxygen atoms in total. The highest BCUT2D eigenvalue weighted by Crippen LogP contribution is 2.32. The molecule has 1 saturated carbocycles. The summed E-state index contributed by atoms with van der Waals surface area (Å²) in [5.41, 5.74) is 6.12. The van der Waals surface area contributed by atoms with Crippen LogP contribution in [0, 0.1) is 11.8 Å². The van der Waals surface area contributed by atoms with Gasteiger partial charge in [0.25, 0.3) is 0 Å². The molecule has 3 heteroatoms. The summed E-state index contributed by atoms with van der Waals surface area (Å²) in [6.07, 6.45) is 5.56. The molecule has 0 bridgehead atoms. The number of nitrogens with two attached hydrogens (primary N) is 1. The number of unbranched alkanes of at least 4 members (excludes halogenated alkanes) is 1. The summed E-state index contributed by atoms with van der Waals surface area (Å²) in [6.45, 7) is 6.69. The van der Waals surface area contributed by atoms with Crippen molar-refractivity contribution < 1.29 is 4.21 Å². The molecular weight excluding hydrogens is 218 g/mol. The maximum atomic E-state index is 12.2. The van der Waals surface area contributed by atoms with Crippen molar-refractivity contribution >= 4 is 10.8 Å². The summed E-state index contributed by atoms with van der Waals surface area (Å²) in [5.74, 6) is 2.29. The van der Waals surface area contributed by atoms with Crippen LogP contribution in [-0.4, -0.2) is 21.3 Å². The Hall–Kier alpha value is 0.110. The molecule has 4 unspecified atom stereocenters. The highest BCUT2D eigenvalue weighted by atomic mass is 32.2. The second kappa shape index (κ2) is 6.75. The van der Waals surface area contributed by atoms with E-state index < -0.39 is 10.8 Å². The smallest absolute Gasteiger partial charge is 0.0501 e. The molecule has 0 aromatic carbocycles. The molecule has 1 aliphatic rings. The fourth-order valence-electron chi connectivity index (χ4n) is 2.53. The van der Waals surface area contributed by atoms with Crippen LogP contribution >= 0.6 is 0 Å². The molecule has 2 N–H and O–H groups in total.